The Bertz CT molecular complexity index is 1850. The van der Waals surface area contributed by atoms with Gasteiger partial charge in [-0.05, 0) is 116 Å². The summed E-state index contributed by atoms with van der Waals surface area (Å²) in [6.45, 7) is 12.7. The van der Waals surface area contributed by atoms with Crippen LogP contribution < -0.4 is 20.4 Å². The first kappa shape index (κ1) is 35.5. The summed E-state index contributed by atoms with van der Waals surface area (Å²) in [6.07, 6.45) is 8.65. The number of carbonyl (C=O) groups is 1. The molecule has 2 aromatic heterocycles. The lowest BCUT2D eigenvalue weighted by atomic mass is 9.47. The van der Waals surface area contributed by atoms with Gasteiger partial charge in [0.05, 0.1) is 29.8 Å². The number of aromatic nitrogens is 5. The molecule has 6 aliphatic rings. The van der Waals surface area contributed by atoms with E-state index in [0.717, 1.165) is 79.9 Å². The predicted octanol–water partition coefficient (Wildman–Crippen LogP) is 6.06. The highest BCUT2D eigenvalue weighted by Crippen LogP contribution is 2.60. The van der Waals surface area contributed by atoms with Crippen LogP contribution in [0, 0.1) is 23.2 Å². The largest absolute Gasteiger partial charge is 0.465 e. The van der Waals surface area contributed by atoms with Crippen LogP contribution in [-0.4, -0.2) is 92.1 Å². The fourth-order valence-electron chi connectivity index (χ4n) is 10.2. The van der Waals surface area contributed by atoms with E-state index < -0.39 is 6.09 Å². The molecule has 4 heterocycles. The quantitative estimate of drug-likeness (QED) is 0.243. The van der Waals surface area contributed by atoms with Gasteiger partial charge in [-0.25, -0.2) is 14.5 Å². The van der Waals surface area contributed by atoms with Crippen molar-refractivity contribution in [1.82, 2.24) is 30.1 Å². The van der Waals surface area contributed by atoms with Crippen LogP contribution in [-0.2, 0) is 13.0 Å². The summed E-state index contributed by atoms with van der Waals surface area (Å²) in [5.41, 5.74) is 11.1. The molecule has 4 saturated carbocycles. The number of rotatable bonds is 6. The number of anilines is 4. The summed E-state index contributed by atoms with van der Waals surface area (Å²) in [5.74, 6) is 4.25. The van der Waals surface area contributed by atoms with Crippen LogP contribution in [0.25, 0.3) is 0 Å². The van der Waals surface area contributed by atoms with Crippen molar-refractivity contribution < 1.29 is 9.90 Å². The lowest BCUT2D eigenvalue weighted by Crippen LogP contribution is -2.57. The summed E-state index contributed by atoms with van der Waals surface area (Å²) in [7, 11) is 0. The van der Waals surface area contributed by atoms with Gasteiger partial charge in [0.2, 0.25) is 0 Å². The highest BCUT2D eigenvalue weighted by atomic mass is 16.4. The summed E-state index contributed by atoms with van der Waals surface area (Å²) in [4.78, 5) is 24.7. The fourth-order valence-corrected chi connectivity index (χ4v) is 10.2. The second-order valence-corrected chi connectivity index (χ2v) is 17.1. The van der Waals surface area contributed by atoms with Gasteiger partial charge < -0.3 is 20.6 Å². The molecule has 53 heavy (non-hydrogen) atoms. The van der Waals surface area contributed by atoms with Gasteiger partial charge in [0.1, 0.15) is 5.82 Å². The van der Waals surface area contributed by atoms with Crippen molar-refractivity contribution >= 4 is 29.0 Å². The Morgan fingerprint density at radius 3 is 2.23 bits per heavy atom. The van der Waals surface area contributed by atoms with Crippen molar-refractivity contribution in [1.29, 1.82) is 0 Å². The molecule has 4 aliphatic carbocycles. The van der Waals surface area contributed by atoms with E-state index in [4.69, 9.17) is 10.7 Å². The third kappa shape index (κ3) is 7.35. The molecule has 3 N–H and O–H groups in total. The number of amides is 1. The number of hydrogen-bond acceptors (Lipinski definition) is 9. The molecule has 5 fully saturated rings. The van der Waals surface area contributed by atoms with Crippen LogP contribution in [0.2, 0.25) is 0 Å². The van der Waals surface area contributed by atoms with E-state index in [-0.39, 0.29) is 5.54 Å². The van der Waals surface area contributed by atoms with Crippen LogP contribution >= 0.6 is 0 Å². The number of nitrogens with two attached hydrogens (primary N) is 1. The molecular weight excluding hydrogens is 665 g/mol. The number of benzene rings is 2. The lowest BCUT2D eigenvalue weighted by molar-refractivity contribution is -0.0676. The average molecular weight is 719 g/mol. The topological polar surface area (TPSA) is 133 Å². The van der Waals surface area contributed by atoms with Gasteiger partial charge in [-0.2, -0.15) is 0 Å². The van der Waals surface area contributed by atoms with Gasteiger partial charge in [0, 0.05) is 57.3 Å². The molecule has 280 valence electrons. The first-order valence-corrected chi connectivity index (χ1v) is 19.4. The van der Waals surface area contributed by atoms with E-state index >= 15 is 0 Å². The van der Waals surface area contributed by atoms with E-state index in [0.29, 0.717) is 30.2 Å². The van der Waals surface area contributed by atoms with Crippen molar-refractivity contribution in [3.63, 3.8) is 0 Å². The minimum absolute atomic E-state index is 0.208. The first-order valence-electron chi connectivity index (χ1n) is 19.4. The molecule has 2 atom stereocenters. The number of hydrogen-bond donors (Lipinski definition) is 2. The number of piperazine rings is 1. The van der Waals surface area contributed by atoms with Crippen LogP contribution in [0.1, 0.15) is 64.3 Å². The summed E-state index contributed by atoms with van der Waals surface area (Å²) >= 11 is 0. The summed E-state index contributed by atoms with van der Waals surface area (Å²) < 4.78 is 1.99. The zero-order valence-corrected chi connectivity index (χ0v) is 31.4. The van der Waals surface area contributed by atoms with Crippen molar-refractivity contribution in [2.45, 2.75) is 77.4 Å². The number of carboxylic acid groups (broad SMARTS) is 1. The zero-order chi connectivity index (χ0) is 36.7. The highest BCUT2D eigenvalue weighted by molar-refractivity contribution is 5.93. The standard InChI is InChI=1S/C22H29N5O2.C19H25N5/c1-22(2,3)25-12-10-24(11-13-25)17-8-9-20(23-16-17)26-14-15-27(21(28)29)19-7-5-4-6-18(19)26;20-18-15-6-14-7-16(18)10-19(8-14,9-15)11-17-21-22-23-24(17)12-13-4-2-1-3-5-13/h4-9,16H,10-15H2,1-3H3,(H,28,29);1-5,14-16,18H,6-12,20H2. The van der Waals surface area contributed by atoms with E-state index in [1.807, 2.05) is 47.3 Å². The summed E-state index contributed by atoms with van der Waals surface area (Å²) in [6, 6.07) is 22.7. The third-order valence-electron chi connectivity index (χ3n) is 12.6. The van der Waals surface area contributed by atoms with E-state index in [2.05, 4.69) is 81.3 Å². The Kier molecular flexibility index (Phi) is 9.61. The molecule has 12 nitrogen and oxygen atoms in total. The van der Waals surface area contributed by atoms with Gasteiger partial charge >= 0.3 is 6.09 Å². The highest BCUT2D eigenvalue weighted by Gasteiger charge is 2.54. The number of pyridine rings is 1. The number of nitrogens with zero attached hydrogens (tertiary/aromatic N) is 9. The van der Waals surface area contributed by atoms with Crippen LogP contribution in [0.5, 0.6) is 0 Å². The Morgan fingerprint density at radius 2 is 1.57 bits per heavy atom. The van der Waals surface area contributed by atoms with Crippen molar-refractivity contribution in [3.8, 4) is 0 Å². The molecule has 4 aromatic rings. The Morgan fingerprint density at radius 1 is 0.868 bits per heavy atom. The second-order valence-electron chi connectivity index (χ2n) is 17.1. The molecule has 0 spiro atoms. The predicted molar refractivity (Wildman–Crippen MR) is 208 cm³/mol. The monoisotopic (exact) mass is 718 g/mol. The minimum Gasteiger partial charge on any atom is -0.465 e. The van der Waals surface area contributed by atoms with E-state index in [1.165, 1.54) is 42.6 Å². The van der Waals surface area contributed by atoms with E-state index in [1.54, 1.807) is 0 Å². The van der Waals surface area contributed by atoms with Crippen molar-refractivity contribution in [3.05, 3.63) is 84.3 Å². The SMILES string of the molecule is CC(C)(C)N1CCN(c2ccc(N3CCN(C(=O)O)c4ccccc43)nc2)CC1.NC1C2CC3CC1CC(Cc1nnnn1Cc1ccccc1)(C3)C2. The Labute approximate surface area is 313 Å². The van der Waals surface area contributed by atoms with E-state index in [9.17, 15) is 9.90 Å². The molecular formula is C41H54N10O2. The maximum atomic E-state index is 11.5. The Hall–Kier alpha value is -4.55. The molecule has 2 aliphatic heterocycles. The van der Waals surface area contributed by atoms with Crippen LogP contribution in [0.15, 0.2) is 72.9 Å². The van der Waals surface area contributed by atoms with Gasteiger partial charge in [-0.3, -0.25) is 9.80 Å². The maximum Gasteiger partial charge on any atom is 0.411 e. The number of para-hydroxylation sites is 2. The van der Waals surface area contributed by atoms with Crippen molar-refractivity contribution in [2.24, 2.45) is 28.9 Å². The number of tetrazole rings is 1. The van der Waals surface area contributed by atoms with Gasteiger partial charge in [-0.15, -0.1) is 5.10 Å². The smallest absolute Gasteiger partial charge is 0.411 e. The summed E-state index contributed by atoms with van der Waals surface area (Å²) in [5, 5.41) is 22.1. The lowest BCUT2D eigenvalue weighted by Gasteiger charge is -2.59. The van der Waals surface area contributed by atoms with Crippen LogP contribution in [0.3, 0.4) is 0 Å². The Balaban J connectivity index is 0.000000153. The normalized spacial score (nSPS) is 26.6. The van der Waals surface area contributed by atoms with Crippen molar-refractivity contribution in [2.75, 3.05) is 54.0 Å². The molecule has 1 amide bonds. The maximum absolute atomic E-state index is 11.5. The molecule has 1 saturated heterocycles. The third-order valence-corrected chi connectivity index (χ3v) is 12.6. The van der Waals surface area contributed by atoms with Crippen LogP contribution in [0.4, 0.5) is 27.7 Å². The molecule has 2 unspecified atom stereocenters. The number of fused-ring (bicyclic) bond motifs is 1. The molecule has 0 radical (unpaired) electrons. The van der Waals surface area contributed by atoms with Gasteiger partial charge in [-0.1, -0.05) is 42.5 Å². The molecule has 12 heteroatoms. The molecule has 4 bridgehead atoms. The molecule has 10 rings (SSSR count). The fraction of sp³-hybridized carbons (Fsp3) is 0.537. The first-order chi connectivity index (χ1) is 25.5. The minimum atomic E-state index is -0.921. The molecule has 2 aromatic carbocycles. The zero-order valence-electron chi connectivity index (χ0n) is 31.4. The average Bonchev–Trinajstić information content (AvgIpc) is 3.58. The van der Waals surface area contributed by atoms with Gasteiger partial charge in [0.25, 0.3) is 0 Å². The van der Waals surface area contributed by atoms with Gasteiger partial charge in [0.15, 0.2) is 5.82 Å². The second kappa shape index (κ2) is 14.4.